The lowest BCUT2D eigenvalue weighted by Crippen LogP contribution is -2.23. The molecule has 88 valence electrons. The van der Waals surface area contributed by atoms with E-state index < -0.39 is 0 Å². The number of carbonyl (C=O) groups is 1. The van der Waals surface area contributed by atoms with Gasteiger partial charge < -0.3 is 5.53 Å². The first kappa shape index (κ1) is 12.9. The highest BCUT2D eigenvalue weighted by Crippen LogP contribution is 2.39. The van der Waals surface area contributed by atoms with Gasteiger partial charge >= 0.3 is 6.21 Å². The van der Waals surface area contributed by atoms with Gasteiger partial charge in [0.1, 0.15) is 0 Å². The zero-order valence-corrected chi connectivity index (χ0v) is 10.4. The van der Waals surface area contributed by atoms with E-state index in [1.807, 2.05) is 0 Å². The first-order valence-corrected chi connectivity index (χ1v) is 5.84. The quantitative estimate of drug-likeness (QED) is 0.305. The average Bonchev–Trinajstić information content (AvgIpc) is 2.17. The number of rotatable bonds is 2. The van der Waals surface area contributed by atoms with Gasteiger partial charge in [0, 0.05) is 0 Å². The molecule has 0 bridgehead atoms. The van der Waals surface area contributed by atoms with Gasteiger partial charge in [-0.2, -0.15) is 4.79 Å². The zero-order valence-electron chi connectivity index (χ0n) is 10.4. The molecule has 1 aliphatic rings. The van der Waals surface area contributed by atoms with Crippen molar-refractivity contribution in [3.8, 4) is 0 Å². The summed E-state index contributed by atoms with van der Waals surface area (Å²) in [5.74, 6) is 0.526. The van der Waals surface area contributed by atoms with Gasteiger partial charge in [-0.15, -0.1) is 0 Å². The van der Waals surface area contributed by atoms with Gasteiger partial charge in [0.15, 0.2) is 0 Å². The number of nitrogens with zero attached hydrogens (tertiary/aromatic N) is 2. The Balaban J connectivity index is 2.55. The van der Waals surface area contributed by atoms with E-state index in [2.05, 4.69) is 25.6 Å². The van der Waals surface area contributed by atoms with Crippen LogP contribution in [0.1, 0.15) is 46.5 Å². The maximum Gasteiger partial charge on any atom is 0.327 e. The van der Waals surface area contributed by atoms with Crippen LogP contribution in [0.5, 0.6) is 0 Å². The Hall–Kier alpha value is -1.21. The molecule has 1 fully saturated rings. The zero-order chi connectivity index (χ0) is 12.2. The van der Waals surface area contributed by atoms with Gasteiger partial charge in [-0.05, 0) is 43.1 Å². The third kappa shape index (κ3) is 3.74. The van der Waals surface area contributed by atoms with Crippen LogP contribution < -0.4 is 0 Å². The van der Waals surface area contributed by atoms with E-state index in [1.165, 1.54) is 5.57 Å². The normalized spacial score (nSPS) is 21.2. The standard InChI is InChI=1S/C13H20N2O/c1-13(2,3)11-6-4-10(5-7-11)8-12(16)9-15-14/h8-9,11H,4-7H2,1-3H3. The monoisotopic (exact) mass is 220 g/mol. The van der Waals surface area contributed by atoms with Crippen LogP contribution in [0.15, 0.2) is 11.6 Å². The van der Waals surface area contributed by atoms with Crippen molar-refractivity contribution in [2.45, 2.75) is 46.5 Å². The Kier molecular flexibility index (Phi) is 4.19. The highest BCUT2D eigenvalue weighted by Gasteiger charge is 2.27. The molecule has 0 aliphatic heterocycles. The average molecular weight is 220 g/mol. The van der Waals surface area contributed by atoms with Gasteiger partial charge in [-0.1, -0.05) is 26.3 Å². The summed E-state index contributed by atoms with van der Waals surface area (Å²) in [6.45, 7) is 6.82. The first-order chi connectivity index (χ1) is 7.43. The summed E-state index contributed by atoms with van der Waals surface area (Å²) in [6, 6.07) is 0. The molecule has 0 heterocycles. The van der Waals surface area contributed by atoms with Crippen molar-refractivity contribution < 1.29 is 9.58 Å². The minimum absolute atomic E-state index is 0.216. The third-order valence-corrected chi connectivity index (χ3v) is 3.38. The van der Waals surface area contributed by atoms with Crippen LogP contribution in [0.2, 0.25) is 0 Å². The maximum atomic E-state index is 11.2. The fourth-order valence-corrected chi connectivity index (χ4v) is 2.29. The largest absolute Gasteiger partial charge is 0.361 e. The van der Waals surface area contributed by atoms with Gasteiger partial charge in [0.2, 0.25) is 0 Å². The van der Waals surface area contributed by atoms with E-state index >= 15 is 0 Å². The molecule has 0 aromatic rings. The Morgan fingerprint density at radius 2 is 1.94 bits per heavy atom. The van der Waals surface area contributed by atoms with E-state index in [-0.39, 0.29) is 5.78 Å². The van der Waals surface area contributed by atoms with Crippen molar-refractivity contribution in [2.75, 3.05) is 0 Å². The fourth-order valence-electron chi connectivity index (χ4n) is 2.29. The summed E-state index contributed by atoms with van der Waals surface area (Å²) >= 11 is 0. The molecule has 0 aromatic carbocycles. The van der Waals surface area contributed by atoms with Crippen LogP contribution in [0.25, 0.3) is 5.53 Å². The Morgan fingerprint density at radius 1 is 1.38 bits per heavy atom. The molecule has 0 N–H and O–H groups in total. The Bertz CT molecular complexity index is 333. The molecule has 0 aromatic heterocycles. The molecule has 1 rings (SSSR count). The van der Waals surface area contributed by atoms with Gasteiger partial charge in [0.25, 0.3) is 5.78 Å². The second-order valence-electron chi connectivity index (χ2n) is 5.59. The molecule has 0 spiro atoms. The maximum absolute atomic E-state index is 11.2. The minimum Gasteiger partial charge on any atom is -0.361 e. The minimum atomic E-state index is -0.216. The predicted octanol–water partition coefficient (Wildman–Crippen LogP) is 3.02. The van der Waals surface area contributed by atoms with Gasteiger partial charge in [-0.25, -0.2) is 0 Å². The van der Waals surface area contributed by atoms with E-state index in [0.717, 1.165) is 37.8 Å². The Labute approximate surface area is 97.2 Å². The third-order valence-electron chi connectivity index (χ3n) is 3.38. The second kappa shape index (κ2) is 5.22. The molecule has 0 amide bonds. The van der Waals surface area contributed by atoms with Crippen molar-refractivity contribution in [2.24, 2.45) is 11.3 Å². The SMILES string of the molecule is CC(C)(C)C1CCC(=CC(=O)C=[N+]=[N-])CC1. The summed E-state index contributed by atoms with van der Waals surface area (Å²) in [7, 11) is 0. The predicted molar refractivity (Wildman–Crippen MR) is 64.2 cm³/mol. The highest BCUT2D eigenvalue weighted by atomic mass is 16.1. The molecular formula is C13H20N2O. The molecule has 0 unspecified atom stereocenters. The molecule has 0 radical (unpaired) electrons. The van der Waals surface area contributed by atoms with E-state index in [9.17, 15) is 4.79 Å². The van der Waals surface area contributed by atoms with Gasteiger partial charge in [0.05, 0.1) is 0 Å². The van der Waals surface area contributed by atoms with Crippen LogP contribution in [0, 0.1) is 11.3 Å². The number of hydrogen-bond donors (Lipinski definition) is 0. The topological polar surface area (TPSA) is 53.5 Å². The second-order valence-corrected chi connectivity index (χ2v) is 5.59. The molecule has 1 aliphatic carbocycles. The summed E-state index contributed by atoms with van der Waals surface area (Å²) in [5.41, 5.74) is 9.78. The number of carbonyl (C=O) groups excluding carboxylic acids is 1. The number of allylic oxidation sites excluding steroid dienone is 2. The van der Waals surface area contributed by atoms with Crippen molar-refractivity contribution >= 4 is 12.0 Å². The molecule has 0 atom stereocenters. The summed E-state index contributed by atoms with van der Waals surface area (Å²) in [6.07, 6.45) is 6.85. The molecule has 3 heteroatoms. The first-order valence-electron chi connectivity index (χ1n) is 5.84. The van der Waals surface area contributed by atoms with E-state index in [4.69, 9.17) is 5.53 Å². The fraction of sp³-hybridized carbons (Fsp3) is 0.692. The lowest BCUT2D eigenvalue weighted by molar-refractivity contribution is -0.112. The van der Waals surface area contributed by atoms with Crippen molar-refractivity contribution in [3.05, 3.63) is 17.2 Å². The number of ketones is 1. The summed E-state index contributed by atoms with van der Waals surface area (Å²) in [5, 5.41) is 0. The van der Waals surface area contributed by atoms with Crippen LogP contribution >= 0.6 is 0 Å². The van der Waals surface area contributed by atoms with E-state index in [0.29, 0.717) is 5.41 Å². The number of hydrogen-bond acceptors (Lipinski definition) is 1. The van der Waals surface area contributed by atoms with Crippen LogP contribution in [0.3, 0.4) is 0 Å². The van der Waals surface area contributed by atoms with Crippen LogP contribution in [0.4, 0.5) is 0 Å². The smallest absolute Gasteiger partial charge is 0.327 e. The highest BCUT2D eigenvalue weighted by molar-refractivity contribution is 6.30. The molecule has 0 saturated heterocycles. The van der Waals surface area contributed by atoms with Gasteiger partial charge in [-0.3, -0.25) is 4.79 Å². The van der Waals surface area contributed by atoms with E-state index in [1.54, 1.807) is 6.08 Å². The van der Waals surface area contributed by atoms with Crippen molar-refractivity contribution in [3.63, 3.8) is 0 Å². The lowest BCUT2D eigenvalue weighted by Gasteiger charge is -2.34. The summed E-state index contributed by atoms with van der Waals surface area (Å²) in [4.78, 5) is 13.9. The lowest BCUT2D eigenvalue weighted by atomic mass is 9.71. The van der Waals surface area contributed by atoms with Crippen molar-refractivity contribution in [1.82, 2.24) is 0 Å². The van der Waals surface area contributed by atoms with Crippen LogP contribution in [-0.2, 0) is 4.79 Å². The molecule has 1 saturated carbocycles. The molecule has 16 heavy (non-hydrogen) atoms. The molecule has 3 nitrogen and oxygen atoms in total. The molecular weight excluding hydrogens is 200 g/mol. The summed E-state index contributed by atoms with van der Waals surface area (Å²) < 4.78 is 0. The van der Waals surface area contributed by atoms with Crippen molar-refractivity contribution in [1.29, 1.82) is 0 Å². The Morgan fingerprint density at radius 3 is 2.38 bits per heavy atom. The van der Waals surface area contributed by atoms with Crippen LogP contribution in [-0.4, -0.2) is 16.8 Å².